The number of anilines is 1. The standard InChI is InChI=1S/C27H29N3O3S/c1-3-4-17-33-24-16-9-8-15-23(24)26(32)30-27(34)29-22-14-10-13-21(18-22)25(31)28-19(2)20-11-6-5-7-12-20/h5-16,18-19H,3-4,17H2,1-2H3,(H,28,31)(H2,29,30,32,34). The molecule has 34 heavy (non-hydrogen) atoms. The van der Waals surface area contributed by atoms with Crippen molar-refractivity contribution in [2.24, 2.45) is 0 Å². The maximum absolute atomic E-state index is 12.7. The highest BCUT2D eigenvalue weighted by Gasteiger charge is 2.15. The highest BCUT2D eigenvalue weighted by atomic mass is 32.1. The van der Waals surface area contributed by atoms with Gasteiger partial charge in [0.2, 0.25) is 0 Å². The number of carbonyl (C=O) groups is 2. The van der Waals surface area contributed by atoms with Gasteiger partial charge in [-0.25, -0.2) is 0 Å². The topological polar surface area (TPSA) is 79.5 Å². The Hall–Kier alpha value is -3.71. The molecule has 3 aromatic rings. The molecule has 0 saturated heterocycles. The van der Waals surface area contributed by atoms with Crippen molar-refractivity contribution < 1.29 is 14.3 Å². The summed E-state index contributed by atoms with van der Waals surface area (Å²) >= 11 is 5.32. The fourth-order valence-electron chi connectivity index (χ4n) is 3.28. The van der Waals surface area contributed by atoms with Gasteiger partial charge in [-0.3, -0.25) is 14.9 Å². The summed E-state index contributed by atoms with van der Waals surface area (Å²) in [5.74, 6) is -0.0502. The molecular weight excluding hydrogens is 446 g/mol. The minimum Gasteiger partial charge on any atom is -0.493 e. The molecule has 2 amide bonds. The fourth-order valence-corrected chi connectivity index (χ4v) is 3.49. The number of thiocarbonyl (C=S) groups is 1. The van der Waals surface area contributed by atoms with Crippen LogP contribution in [0.5, 0.6) is 5.75 Å². The van der Waals surface area contributed by atoms with Crippen LogP contribution in [-0.2, 0) is 0 Å². The average Bonchev–Trinajstić information content (AvgIpc) is 2.85. The van der Waals surface area contributed by atoms with Crippen LogP contribution in [0.15, 0.2) is 78.9 Å². The van der Waals surface area contributed by atoms with Crippen molar-refractivity contribution in [3.05, 3.63) is 95.6 Å². The third kappa shape index (κ3) is 7.15. The van der Waals surface area contributed by atoms with Crippen LogP contribution in [0.4, 0.5) is 5.69 Å². The summed E-state index contributed by atoms with van der Waals surface area (Å²) in [7, 11) is 0. The van der Waals surface area contributed by atoms with Crippen molar-refractivity contribution in [1.29, 1.82) is 0 Å². The second-order valence-electron chi connectivity index (χ2n) is 7.79. The number of carbonyl (C=O) groups excluding carboxylic acids is 2. The van der Waals surface area contributed by atoms with Gasteiger partial charge in [0.25, 0.3) is 11.8 Å². The minimum absolute atomic E-state index is 0.128. The van der Waals surface area contributed by atoms with Crippen molar-refractivity contribution in [2.75, 3.05) is 11.9 Å². The van der Waals surface area contributed by atoms with E-state index >= 15 is 0 Å². The molecule has 3 aromatic carbocycles. The molecule has 3 rings (SSSR count). The van der Waals surface area contributed by atoms with Gasteiger partial charge >= 0.3 is 0 Å². The Morgan fingerprint density at radius 3 is 2.44 bits per heavy atom. The lowest BCUT2D eigenvalue weighted by molar-refractivity contribution is 0.0937. The van der Waals surface area contributed by atoms with Crippen LogP contribution in [0, 0.1) is 0 Å². The molecule has 0 aromatic heterocycles. The zero-order valence-electron chi connectivity index (χ0n) is 19.3. The number of hydrogen-bond donors (Lipinski definition) is 3. The van der Waals surface area contributed by atoms with Gasteiger partial charge < -0.3 is 15.4 Å². The summed E-state index contributed by atoms with van der Waals surface area (Å²) in [6, 6.07) is 23.6. The molecule has 0 spiro atoms. The monoisotopic (exact) mass is 475 g/mol. The predicted octanol–water partition coefficient (Wildman–Crippen LogP) is 5.48. The van der Waals surface area contributed by atoms with E-state index in [0.717, 1.165) is 18.4 Å². The van der Waals surface area contributed by atoms with E-state index in [9.17, 15) is 9.59 Å². The summed E-state index contributed by atoms with van der Waals surface area (Å²) in [4.78, 5) is 25.5. The summed E-state index contributed by atoms with van der Waals surface area (Å²) in [6.45, 7) is 4.56. The molecule has 0 saturated carbocycles. The number of rotatable bonds is 9. The van der Waals surface area contributed by atoms with E-state index in [-0.39, 0.29) is 23.0 Å². The van der Waals surface area contributed by atoms with Crippen LogP contribution in [0.2, 0.25) is 0 Å². The quantitative estimate of drug-likeness (QED) is 0.282. The third-order valence-corrected chi connectivity index (χ3v) is 5.35. The molecule has 0 bridgehead atoms. The van der Waals surface area contributed by atoms with Crippen LogP contribution in [0.3, 0.4) is 0 Å². The van der Waals surface area contributed by atoms with Crippen LogP contribution in [0.25, 0.3) is 0 Å². The lowest BCUT2D eigenvalue weighted by Gasteiger charge is -2.15. The van der Waals surface area contributed by atoms with Gasteiger partial charge in [0.05, 0.1) is 18.2 Å². The van der Waals surface area contributed by atoms with Crippen LogP contribution in [-0.4, -0.2) is 23.5 Å². The SMILES string of the molecule is CCCCOc1ccccc1C(=O)NC(=S)Nc1cccc(C(=O)NC(C)c2ccccc2)c1. The van der Waals surface area contributed by atoms with E-state index in [2.05, 4.69) is 22.9 Å². The average molecular weight is 476 g/mol. The van der Waals surface area contributed by atoms with Gasteiger partial charge in [-0.2, -0.15) is 0 Å². The summed E-state index contributed by atoms with van der Waals surface area (Å²) in [5, 5.41) is 8.77. The van der Waals surface area contributed by atoms with E-state index in [1.165, 1.54) is 0 Å². The molecule has 0 aliphatic rings. The molecule has 0 fully saturated rings. The van der Waals surface area contributed by atoms with Gasteiger partial charge in [0.1, 0.15) is 5.75 Å². The number of unbranched alkanes of at least 4 members (excludes halogenated alkanes) is 1. The van der Waals surface area contributed by atoms with Gasteiger partial charge in [0, 0.05) is 11.3 Å². The molecule has 6 nitrogen and oxygen atoms in total. The van der Waals surface area contributed by atoms with Crippen molar-refractivity contribution in [3.8, 4) is 5.75 Å². The zero-order valence-corrected chi connectivity index (χ0v) is 20.2. The lowest BCUT2D eigenvalue weighted by Crippen LogP contribution is -2.34. The van der Waals surface area contributed by atoms with Gasteiger partial charge in [0.15, 0.2) is 5.11 Å². The van der Waals surface area contributed by atoms with E-state index in [1.807, 2.05) is 43.3 Å². The molecule has 1 unspecified atom stereocenters. The maximum atomic E-state index is 12.7. The maximum Gasteiger partial charge on any atom is 0.261 e. The van der Waals surface area contributed by atoms with Crippen molar-refractivity contribution in [1.82, 2.24) is 10.6 Å². The number of amides is 2. The fraction of sp³-hybridized carbons (Fsp3) is 0.222. The Morgan fingerprint density at radius 1 is 0.941 bits per heavy atom. The number of hydrogen-bond acceptors (Lipinski definition) is 4. The largest absolute Gasteiger partial charge is 0.493 e. The van der Waals surface area contributed by atoms with Gasteiger partial charge in [-0.1, -0.05) is 61.9 Å². The van der Waals surface area contributed by atoms with Crippen LogP contribution in [0.1, 0.15) is 59.0 Å². The highest BCUT2D eigenvalue weighted by Crippen LogP contribution is 2.19. The Kier molecular flexibility index (Phi) is 9.17. The Morgan fingerprint density at radius 2 is 1.68 bits per heavy atom. The van der Waals surface area contributed by atoms with Crippen molar-refractivity contribution in [2.45, 2.75) is 32.7 Å². The number of para-hydroxylation sites is 1. The number of ether oxygens (including phenoxy) is 1. The number of nitrogens with one attached hydrogen (secondary N) is 3. The third-order valence-electron chi connectivity index (χ3n) is 5.14. The molecule has 176 valence electrons. The molecule has 1 atom stereocenters. The Labute approximate surface area is 205 Å². The second-order valence-corrected chi connectivity index (χ2v) is 8.20. The first-order valence-electron chi connectivity index (χ1n) is 11.3. The lowest BCUT2D eigenvalue weighted by atomic mass is 10.1. The van der Waals surface area contributed by atoms with Gasteiger partial charge in [-0.05, 0) is 61.5 Å². The molecule has 0 heterocycles. The first kappa shape index (κ1) is 24.9. The molecule has 0 aliphatic heterocycles. The predicted molar refractivity (Wildman–Crippen MR) is 139 cm³/mol. The van der Waals surface area contributed by atoms with Gasteiger partial charge in [-0.15, -0.1) is 0 Å². The molecule has 0 radical (unpaired) electrons. The zero-order chi connectivity index (χ0) is 24.3. The summed E-state index contributed by atoms with van der Waals surface area (Å²) in [5.41, 5.74) is 2.51. The van der Waals surface area contributed by atoms with Crippen molar-refractivity contribution in [3.63, 3.8) is 0 Å². The Balaban J connectivity index is 1.60. The van der Waals surface area contributed by atoms with Crippen LogP contribution < -0.4 is 20.7 Å². The molecule has 7 heteroatoms. The summed E-state index contributed by atoms with van der Waals surface area (Å²) < 4.78 is 5.74. The second kappa shape index (κ2) is 12.5. The Bertz CT molecular complexity index is 1130. The van der Waals surface area contributed by atoms with E-state index in [4.69, 9.17) is 17.0 Å². The first-order valence-corrected chi connectivity index (χ1v) is 11.7. The highest BCUT2D eigenvalue weighted by molar-refractivity contribution is 7.80. The van der Waals surface area contributed by atoms with E-state index in [0.29, 0.717) is 29.2 Å². The minimum atomic E-state index is -0.366. The molecule has 0 aliphatic carbocycles. The summed E-state index contributed by atoms with van der Waals surface area (Å²) in [6.07, 6.45) is 1.91. The van der Waals surface area contributed by atoms with Crippen LogP contribution >= 0.6 is 12.2 Å². The first-order chi connectivity index (χ1) is 16.5. The van der Waals surface area contributed by atoms with E-state index in [1.54, 1.807) is 42.5 Å². The number of benzene rings is 3. The van der Waals surface area contributed by atoms with Crippen molar-refractivity contribution >= 4 is 34.8 Å². The molecular formula is C27H29N3O3S. The molecule has 3 N–H and O–H groups in total. The smallest absolute Gasteiger partial charge is 0.261 e. The normalized spacial score (nSPS) is 11.2. The van der Waals surface area contributed by atoms with E-state index < -0.39 is 0 Å².